The highest BCUT2D eigenvalue weighted by Gasteiger charge is 2.04. The summed E-state index contributed by atoms with van der Waals surface area (Å²) in [4.78, 5) is 11.7. The van der Waals surface area contributed by atoms with E-state index < -0.39 is 0 Å². The molecular formula is C9H6BrClN4. The largest absolute Gasteiger partial charge is 0.368 e. The molecular weight excluding hydrogens is 279 g/mol. The second kappa shape index (κ2) is 4.12. The van der Waals surface area contributed by atoms with Crippen molar-refractivity contribution in [3.63, 3.8) is 0 Å². The Morgan fingerprint density at radius 2 is 2.07 bits per heavy atom. The Morgan fingerprint density at radius 3 is 2.73 bits per heavy atom. The first kappa shape index (κ1) is 10.3. The Labute approximate surface area is 99.7 Å². The van der Waals surface area contributed by atoms with E-state index in [1.54, 1.807) is 6.07 Å². The molecule has 0 unspecified atom stereocenters. The molecule has 2 N–H and O–H groups in total. The maximum Gasteiger partial charge on any atom is 0.223 e. The predicted molar refractivity (Wildman–Crippen MR) is 62.4 cm³/mol. The van der Waals surface area contributed by atoms with Crippen molar-refractivity contribution >= 4 is 33.5 Å². The third-order valence-electron chi connectivity index (χ3n) is 1.77. The van der Waals surface area contributed by atoms with Gasteiger partial charge in [-0.1, -0.05) is 11.6 Å². The molecule has 1 aromatic heterocycles. The molecule has 0 saturated carbocycles. The van der Waals surface area contributed by atoms with Crippen LogP contribution in [0.5, 0.6) is 0 Å². The molecule has 0 aliphatic rings. The van der Waals surface area contributed by atoms with Crippen LogP contribution in [0.1, 0.15) is 0 Å². The van der Waals surface area contributed by atoms with Crippen LogP contribution in [0, 0.1) is 0 Å². The molecule has 2 aromatic rings. The van der Waals surface area contributed by atoms with E-state index in [0.717, 1.165) is 10.0 Å². The van der Waals surface area contributed by atoms with Crippen molar-refractivity contribution in [2.45, 2.75) is 0 Å². The summed E-state index contributed by atoms with van der Waals surface area (Å²) in [6.07, 6.45) is 1.38. The number of rotatable bonds is 1. The molecule has 6 heteroatoms. The second-order valence-corrected chi connectivity index (χ2v) is 4.06. The van der Waals surface area contributed by atoms with Gasteiger partial charge in [-0.3, -0.25) is 0 Å². The summed E-state index contributed by atoms with van der Waals surface area (Å²) in [5.41, 5.74) is 6.30. The summed E-state index contributed by atoms with van der Waals surface area (Å²) < 4.78 is 0.792. The zero-order valence-corrected chi connectivity index (χ0v) is 9.83. The SMILES string of the molecule is Nc1ncnc(-c2ccc(Cl)c(Br)c2)n1. The van der Waals surface area contributed by atoms with Crippen LogP contribution in [0.4, 0.5) is 5.95 Å². The Kier molecular flexibility index (Phi) is 2.83. The molecule has 15 heavy (non-hydrogen) atoms. The van der Waals surface area contributed by atoms with Crippen LogP contribution in [-0.2, 0) is 0 Å². The van der Waals surface area contributed by atoms with E-state index in [9.17, 15) is 0 Å². The number of anilines is 1. The predicted octanol–water partition coefficient (Wildman–Crippen LogP) is 2.54. The van der Waals surface area contributed by atoms with Crippen molar-refractivity contribution in [2.24, 2.45) is 0 Å². The lowest BCUT2D eigenvalue weighted by atomic mass is 10.2. The molecule has 0 aliphatic heterocycles. The standard InChI is InChI=1S/C9H6BrClN4/c10-6-3-5(1-2-7(6)11)8-13-4-14-9(12)15-8/h1-4H,(H2,12,13,14,15). The van der Waals surface area contributed by atoms with Crippen molar-refractivity contribution < 1.29 is 0 Å². The Bertz CT molecular complexity index is 503. The topological polar surface area (TPSA) is 64.7 Å². The molecule has 76 valence electrons. The summed E-state index contributed by atoms with van der Waals surface area (Å²) in [7, 11) is 0. The molecule has 2 rings (SSSR count). The molecule has 1 heterocycles. The van der Waals surface area contributed by atoms with Gasteiger partial charge in [0.15, 0.2) is 5.82 Å². The summed E-state index contributed by atoms with van der Waals surface area (Å²) in [6, 6.07) is 5.42. The fourth-order valence-electron chi connectivity index (χ4n) is 1.08. The number of aromatic nitrogens is 3. The normalized spacial score (nSPS) is 10.3. The fourth-order valence-corrected chi connectivity index (χ4v) is 1.58. The Hall–Kier alpha value is -1.20. The van der Waals surface area contributed by atoms with E-state index in [1.807, 2.05) is 12.1 Å². The quantitative estimate of drug-likeness (QED) is 0.874. The van der Waals surface area contributed by atoms with Gasteiger partial charge in [0.1, 0.15) is 6.33 Å². The van der Waals surface area contributed by atoms with Gasteiger partial charge in [-0.05, 0) is 34.1 Å². The van der Waals surface area contributed by atoms with Gasteiger partial charge in [-0.15, -0.1) is 0 Å². The molecule has 0 spiro atoms. The smallest absolute Gasteiger partial charge is 0.223 e. The van der Waals surface area contributed by atoms with Crippen molar-refractivity contribution in [1.29, 1.82) is 0 Å². The number of hydrogen-bond donors (Lipinski definition) is 1. The monoisotopic (exact) mass is 284 g/mol. The molecule has 4 nitrogen and oxygen atoms in total. The average Bonchev–Trinajstić information content (AvgIpc) is 2.22. The van der Waals surface area contributed by atoms with Gasteiger partial charge in [-0.2, -0.15) is 4.98 Å². The number of hydrogen-bond acceptors (Lipinski definition) is 4. The minimum atomic E-state index is 0.200. The number of nitrogens with two attached hydrogens (primary N) is 1. The van der Waals surface area contributed by atoms with E-state index in [1.165, 1.54) is 6.33 Å². The lowest BCUT2D eigenvalue weighted by molar-refractivity contribution is 1.07. The van der Waals surface area contributed by atoms with Crippen LogP contribution in [-0.4, -0.2) is 15.0 Å². The van der Waals surface area contributed by atoms with Crippen LogP contribution in [0.25, 0.3) is 11.4 Å². The molecule has 1 aromatic carbocycles. The highest BCUT2D eigenvalue weighted by atomic mass is 79.9. The molecule has 0 amide bonds. The second-order valence-electron chi connectivity index (χ2n) is 2.80. The minimum Gasteiger partial charge on any atom is -0.368 e. The fraction of sp³-hybridized carbons (Fsp3) is 0. The first-order chi connectivity index (χ1) is 7.16. The minimum absolute atomic E-state index is 0.200. The maximum absolute atomic E-state index is 5.87. The van der Waals surface area contributed by atoms with Gasteiger partial charge in [0.2, 0.25) is 5.95 Å². The van der Waals surface area contributed by atoms with Crippen LogP contribution in [0.3, 0.4) is 0 Å². The van der Waals surface area contributed by atoms with Gasteiger partial charge in [0, 0.05) is 10.0 Å². The number of benzene rings is 1. The molecule has 0 aliphatic carbocycles. The molecule has 0 saturated heterocycles. The molecule has 0 fully saturated rings. The highest BCUT2D eigenvalue weighted by molar-refractivity contribution is 9.10. The van der Waals surface area contributed by atoms with E-state index >= 15 is 0 Å². The van der Waals surface area contributed by atoms with Gasteiger partial charge in [0.05, 0.1) is 5.02 Å². The van der Waals surface area contributed by atoms with Crippen LogP contribution in [0.2, 0.25) is 5.02 Å². The molecule has 0 atom stereocenters. The van der Waals surface area contributed by atoms with E-state index in [4.69, 9.17) is 17.3 Å². The van der Waals surface area contributed by atoms with E-state index in [2.05, 4.69) is 30.9 Å². The van der Waals surface area contributed by atoms with Crippen molar-refractivity contribution in [3.8, 4) is 11.4 Å². The number of nitrogen functional groups attached to an aromatic ring is 1. The summed E-state index contributed by atoms with van der Waals surface area (Å²) >= 11 is 9.20. The first-order valence-electron chi connectivity index (χ1n) is 4.07. The summed E-state index contributed by atoms with van der Waals surface area (Å²) in [5.74, 6) is 0.728. The van der Waals surface area contributed by atoms with E-state index in [0.29, 0.717) is 10.8 Å². The molecule has 0 bridgehead atoms. The van der Waals surface area contributed by atoms with Gasteiger partial charge in [0.25, 0.3) is 0 Å². The van der Waals surface area contributed by atoms with Crippen LogP contribution in [0.15, 0.2) is 29.0 Å². The Balaban J connectivity index is 2.50. The Morgan fingerprint density at radius 1 is 1.27 bits per heavy atom. The van der Waals surface area contributed by atoms with Crippen LogP contribution >= 0.6 is 27.5 Å². The molecule has 0 radical (unpaired) electrons. The van der Waals surface area contributed by atoms with Crippen molar-refractivity contribution in [2.75, 3.05) is 5.73 Å². The zero-order valence-electron chi connectivity index (χ0n) is 7.48. The third kappa shape index (κ3) is 2.24. The summed E-state index contributed by atoms with van der Waals surface area (Å²) in [6.45, 7) is 0. The lowest BCUT2D eigenvalue weighted by Gasteiger charge is -2.01. The number of halogens is 2. The third-order valence-corrected chi connectivity index (χ3v) is 2.98. The van der Waals surface area contributed by atoms with E-state index in [-0.39, 0.29) is 5.95 Å². The number of nitrogens with zero attached hydrogens (tertiary/aromatic N) is 3. The average molecular weight is 286 g/mol. The van der Waals surface area contributed by atoms with Crippen molar-refractivity contribution in [3.05, 3.63) is 34.0 Å². The summed E-state index contributed by atoms with van der Waals surface area (Å²) in [5, 5.41) is 0.640. The van der Waals surface area contributed by atoms with Gasteiger partial charge >= 0.3 is 0 Å². The van der Waals surface area contributed by atoms with Crippen LogP contribution < -0.4 is 5.73 Å². The van der Waals surface area contributed by atoms with Crippen molar-refractivity contribution in [1.82, 2.24) is 15.0 Å². The lowest BCUT2D eigenvalue weighted by Crippen LogP contribution is -1.97. The van der Waals surface area contributed by atoms with Gasteiger partial charge < -0.3 is 5.73 Å². The highest BCUT2D eigenvalue weighted by Crippen LogP contribution is 2.26. The maximum atomic E-state index is 5.87. The zero-order chi connectivity index (χ0) is 10.8. The van der Waals surface area contributed by atoms with Gasteiger partial charge in [-0.25, -0.2) is 9.97 Å². The first-order valence-corrected chi connectivity index (χ1v) is 5.24.